The zero-order valence-electron chi connectivity index (χ0n) is 7.64. The van der Waals surface area contributed by atoms with Gasteiger partial charge in [0.1, 0.15) is 0 Å². The highest BCUT2D eigenvalue weighted by Crippen LogP contribution is 2.04. The lowest BCUT2D eigenvalue weighted by atomic mass is 10.1. The van der Waals surface area contributed by atoms with E-state index in [2.05, 4.69) is 36.3 Å². The topological polar surface area (TPSA) is 17.8 Å². The molecule has 0 bridgehead atoms. The van der Waals surface area contributed by atoms with Crippen LogP contribution in [0.15, 0.2) is 42.7 Å². The molecule has 0 saturated heterocycles. The molecule has 0 unspecified atom stereocenters. The van der Waals surface area contributed by atoms with Gasteiger partial charge in [0.15, 0.2) is 0 Å². The fraction of sp³-hybridized carbons (Fsp3) is 0.182. The number of aryl methyl sites for hydroxylation is 1. The van der Waals surface area contributed by atoms with Crippen LogP contribution in [0.2, 0.25) is 0 Å². The van der Waals surface area contributed by atoms with Crippen molar-refractivity contribution in [2.45, 2.75) is 13.5 Å². The standard InChI is InChI=1S/C11H12N2/c1-10-3-5-11(6-4-10)9-13-8-2-7-12-13/h2-8H,9H2,1H3. The number of benzene rings is 1. The monoisotopic (exact) mass is 172 g/mol. The average Bonchev–Trinajstić information content (AvgIpc) is 2.62. The summed E-state index contributed by atoms with van der Waals surface area (Å²) in [6.45, 7) is 2.95. The van der Waals surface area contributed by atoms with Crippen molar-refractivity contribution in [1.82, 2.24) is 9.78 Å². The minimum atomic E-state index is 0.854. The summed E-state index contributed by atoms with van der Waals surface area (Å²) >= 11 is 0. The van der Waals surface area contributed by atoms with E-state index in [1.165, 1.54) is 11.1 Å². The molecule has 0 radical (unpaired) electrons. The van der Waals surface area contributed by atoms with Crippen molar-refractivity contribution in [3.05, 3.63) is 53.9 Å². The van der Waals surface area contributed by atoms with Crippen LogP contribution in [-0.2, 0) is 6.54 Å². The van der Waals surface area contributed by atoms with Crippen LogP contribution in [-0.4, -0.2) is 9.78 Å². The average molecular weight is 172 g/mol. The number of hydrogen-bond acceptors (Lipinski definition) is 1. The highest BCUT2D eigenvalue weighted by Gasteiger charge is 1.93. The summed E-state index contributed by atoms with van der Waals surface area (Å²) in [6, 6.07) is 10.5. The highest BCUT2D eigenvalue weighted by atomic mass is 15.3. The van der Waals surface area contributed by atoms with E-state index in [4.69, 9.17) is 0 Å². The molecule has 2 aromatic rings. The first kappa shape index (κ1) is 8.05. The molecule has 0 atom stereocenters. The van der Waals surface area contributed by atoms with E-state index in [1.807, 2.05) is 16.9 Å². The molecule has 0 amide bonds. The van der Waals surface area contributed by atoms with E-state index in [0.717, 1.165) is 6.54 Å². The minimum absolute atomic E-state index is 0.854. The smallest absolute Gasteiger partial charge is 0.0659 e. The number of rotatable bonds is 2. The molecule has 0 aliphatic rings. The molecular weight excluding hydrogens is 160 g/mol. The number of hydrogen-bond donors (Lipinski definition) is 0. The van der Waals surface area contributed by atoms with Crippen LogP contribution in [0, 0.1) is 6.92 Å². The van der Waals surface area contributed by atoms with Gasteiger partial charge >= 0.3 is 0 Å². The molecule has 66 valence electrons. The molecule has 0 spiro atoms. The normalized spacial score (nSPS) is 10.2. The molecule has 2 nitrogen and oxygen atoms in total. The first-order chi connectivity index (χ1) is 6.34. The quantitative estimate of drug-likeness (QED) is 0.679. The Bertz CT molecular complexity index is 359. The van der Waals surface area contributed by atoms with Gasteiger partial charge in [-0.2, -0.15) is 5.10 Å². The third-order valence-corrected chi connectivity index (χ3v) is 2.02. The maximum atomic E-state index is 4.15. The molecule has 0 aliphatic carbocycles. The van der Waals surface area contributed by atoms with Gasteiger partial charge < -0.3 is 0 Å². The van der Waals surface area contributed by atoms with Gasteiger partial charge in [-0.25, -0.2) is 0 Å². The second-order valence-electron chi connectivity index (χ2n) is 3.19. The van der Waals surface area contributed by atoms with E-state index < -0.39 is 0 Å². The zero-order chi connectivity index (χ0) is 9.10. The Balaban J connectivity index is 2.15. The molecule has 1 aromatic carbocycles. The van der Waals surface area contributed by atoms with Gasteiger partial charge in [-0.05, 0) is 18.6 Å². The largest absolute Gasteiger partial charge is 0.268 e. The summed E-state index contributed by atoms with van der Waals surface area (Å²) < 4.78 is 1.92. The van der Waals surface area contributed by atoms with E-state index in [1.54, 1.807) is 6.20 Å². The summed E-state index contributed by atoms with van der Waals surface area (Å²) in [5.74, 6) is 0. The lowest BCUT2D eigenvalue weighted by Crippen LogP contribution is -1.99. The van der Waals surface area contributed by atoms with Crippen molar-refractivity contribution in [1.29, 1.82) is 0 Å². The summed E-state index contributed by atoms with van der Waals surface area (Å²) in [5, 5.41) is 4.15. The van der Waals surface area contributed by atoms with Crippen LogP contribution in [0.3, 0.4) is 0 Å². The van der Waals surface area contributed by atoms with Gasteiger partial charge in [0.25, 0.3) is 0 Å². The fourth-order valence-electron chi connectivity index (χ4n) is 1.27. The van der Waals surface area contributed by atoms with Crippen LogP contribution in [0.4, 0.5) is 0 Å². The predicted octanol–water partition coefficient (Wildman–Crippen LogP) is 2.24. The van der Waals surface area contributed by atoms with Gasteiger partial charge in [0.05, 0.1) is 6.54 Å². The van der Waals surface area contributed by atoms with Crippen LogP contribution >= 0.6 is 0 Å². The van der Waals surface area contributed by atoms with Crippen LogP contribution in [0.5, 0.6) is 0 Å². The molecule has 2 heteroatoms. The summed E-state index contributed by atoms with van der Waals surface area (Å²) in [5.41, 5.74) is 2.58. The third-order valence-electron chi connectivity index (χ3n) is 2.02. The van der Waals surface area contributed by atoms with Gasteiger partial charge in [-0.15, -0.1) is 0 Å². The second-order valence-corrected chi connectivity index (χ2v) is 3.19. The van der Waals surface area contributed by atoms with Crippen LogP contribution in [0.25, 0.3) is 0 Å². The SMILES string of the molecule is Cc1ccc(Cn2cccn2)cc1. The van der Waals surface area contributed by atoms with Crippen molar-refractivity contribution in [3.63, 3.8) is 0 Å². The summed E-state index contributed by atoms with van der Waals surface area (Å²) in [4.78, 5) is 0. The first-order valence-corrected chi connectivity index (χ1v) is 4.37. The van der Waals surface area contributed by atoms with Crippen LogP contribution < -0.4 is 0 Å². The molecule has 0 fully saturated rings. The first-order valence-electron chi connectivity index (χ1n) is 4.37. The van der Waals surface area contributed by atoms with E-state index in [-0.39, 0.29) is 0 Å². The van der Waals surface area contributed by atoms with Gasteiger partial charge in [-0.1, -0.05) is 29.8 Å². The summed E-state index contributed by atoms with van der Waals surface area (Å²) in [6.07, 6.45) is 3.77. The molecule has 2 rings (SSSR count). The van der Waals surface area contributed by atoms with Gasteiger partial charge in [0.2, 0.25) is 0 Å². The molecule has 0 aliphatic heterocycles. The van der Waals surface area contributed by atoms with Crippen molar-refractivity contribution in [2.24, 2.45) is 0 Å². The Kier molecular flexibility index (Phi) is 2.13. The molecule has 13 heavy (non-hydrogen) atoms. The van der Waals surface area contributed by atoms with Crippen molar-refractivity contribution < 1.29 is 0 Å². The maximum Gasteiger partial charge on any atom is 0.0659 e. The Morgan fingerprint density at radius 3 is 2.62 bits per heavy atom. The fourth-order valence-corrected chi connectivity index (χ4v) is 1.27. The molecule has 1 heterocycles. The van der Waals surface area contributed by atoms with E-state index in [9.17, 15) is 0 Å². The van der Waals surface area contributed by atoms with E-state index >= 15 is 0 Å². The lowest BCUT2D eigenvalue weighted by Gasteiger charge is -2.01. The Hall–Kier alpha value is -1.57. The molecule has 1 aromatic heterocycles. The van der Waals surface area contributed by atoms with Crippen molar-refractivity contribution in [3.8, 4) is 0 Å². The Morgan fingerprint density at radius 2 is 2.00 bits per heavy atom. The Morgan fingerprint density at radius 1 is 1.23 bits per heavy atom. The van der Waals surface area contributed by atoms with Gasteiger partial charge in [-0.3, -0.25) is 4.68 Å². The van der Waals surface area contributed by atoms with Gasteiger partial charge in [0, 0.05) is 12.4 Å². The third kappa shape index (κ3) is 1.96. The Labute approximate surface area is 77.8 Å². The van der Waals surface area contributed by atoms with Crippen LogP contribution in [0.1, 0.15) is 11.1 Å². The zero-order valence-corrected chi connectivity index (χ0v) is 7.64. The van der Waals surface area contributed by atoms with Crippen molar-refractivity contribution in [2.75, 3.05) is 0 Å². The van der Waals surface area contributed by atoms with E-state index in [0.29, 0.717) is 0 Å². The molecule has 0 saturated carbocycles. The summed E-state index contributed by atoms with van der Waals surface area (Å²) in [7, 11) is 0. The second kappa shape index (κ2) is 3.44. The predicted molar refractivity (Wildman–Crippen MR) is 52.5 cm³/mol. The minimum Gasteiger partial charge on any atom is -0.268 e. The number of nitrogens with zero attached hydrogens (tertiary/aromatic N) is 2. The maximum absolute atomic E-state index is 4.15. The van der Waals surface area contributed by atoms with Crippen molar-refractivity contribution >= 4 is 0 Å². The highest BCUT2D eigenvalue weighted by molar-refractivity contribution is 5.21. The molecular formula is C11H12N2. The lowest BCUT2D eigenvalue weighted by molar-refractivity contribution is 0.687. The molecule has 0 N–H and O–H groups in total. The number of aromatic nitrogens is 2.